The molecule has 0 radical (unpaired) electrons. The molecule has 1 rings (SSSR count). The van der Waals surface area contributed by atoms with E-state index >= 15 is 0 Å². The second-order valence-corrected chi connectivity index (χ2v) is 5.05. The van der Waals surface area contributed by atoms with Crippen molar-refractivity contribution in [2.24, 2.45) is 5.92 Å². The summed E-state index contributed by atoms with van der Waals surface area (Å²) < 4.78 is 5.37. The highest BCUT2D eigenvalue weighted by Crippen LogP contribution is 2.25. The van der Waals surface area contributed by atoms with Crippen LogP contribution in [0.1, 0.15) is 43.4 Å². The lowest BCUT2D eigenvalue weighted by Crippen LogP contribution is -1.96. The van der Waals surface area contributed by atoms with Crippen LogP contribution in [0.2, 0.25) is 0 Å². The van der Waals surface area contributed by atoms with E-state index in [0.29, 0.717) is 0 Å². The lowest BCUT2D eigenvalue weighted by molar-refractivity contribution is 0.408. The summed E-state index contributed by atoms with van der Waals surface area (Å²) in [5, 5.41) is 0. The first kappa shape index (κ1) is 13.1. The molecule has 1 aromatic rings. The van der Waals surface area contributed by atoms with E-state index in [2.05, 4.69) is 39.8 Å². The van der Waals surface area contributed by atoms with Gasteiger partial charge in [0.1, 0.15) is 5.75 Å². The highest BCUT2D eigenvalue weighted by atomic mass is 16.5. The van der Waals surface area contributed by atoms with Gasteiger partial charge < -0.3 is 4.74 Å². The van der Waals surface area contributed by atoms with Crippen LogP contribution in [-0.2, 0) is 6.42 Å². The van der Waals surface area contributed by atoms with Crippen molar-refractivity contribution in [3.05, 3.63) is 28.8 Å². The van der Waals surface area contributed by atoms with Crippen molar-refractivity contribution >= 4 is 0 Å². The molecule has 0 aliphatic heterocycles. The van der Waals surface area contributed by atoms with Crippen LogP contribution in [-0.4, -0.2) is 7.11 Å². The van der Waals surface area contributed by atoms with Gasteiger partial charge >= 0.3 is 0 Å². The molecular formula is C15H24O. The minimum atomic E-state index is 0.806. The quantitative estimate of drug-likeness (QED) is 0.719. The Kier molecular flexibility index (Phi) is 4.85. The Hall–Kier alpha value is -0.980. The van der Waals surface area contributed by atoms with Gasteiger partial charge in [-0.05, 0) is 49.3 Å². The first-order valence-electron chi connectivity index (χ1n) is 6.18. The molecule has 0 saturated carbocycles. The number of ether oxygens (including phenoxy) is 1. The maximum Gasteiger partial charge on any atom is 0.124 e. The fourth-order valence-electron chi connectivity index (χ4n) is 2.22. The van der Waals surface area contributed by atoms with Crippen LogP contribution in [0.25, 0.3) is 0 Å². The fourth-order valence-corrected chi connectivity index (χ4v) is 2.22. The van der Waals surface area contributed by atoms with Crippen LogP contribution in [0.15, 0.2) is 12.1 Å². The van der Waals surface area contributed by atoms with Crippen molar-refractivity contribution in [2.45, 2.75) is 47.0 Å². The molecule has 0 aromatic heterocycles. The lowest BCUT2D eigenvalue weighted by Gasteiger charge is -2.11. The second kappa shape index (κ2) is 5.93. The minimum absolute atomic E-state index is 0.806. The molecule has 0 bridgehead atoms. The van der Waals surface area contributed by atoms with Crippen LogP contribution in [0.5, 0.6) is 5.75 Å². The Morgan fingerprint density at radius 3 is 2.12 bits per heavy atom. The maximum absolute atomic E-state index is 5.37. The zero-order valence-corrected chi connectivity index (χ0v) is 11.3. The van der Waals surface area contributed by atoms with Crippen molar-refractivity contribution in [1.29, 1.82) is 0 Å². The van der Waals surface area contributed by atoms with Gasteiger partial charge in [-0.3, -0.25) is 0 Å². The summed E-state index contributed by atoms with van der Waals surface area (Å²) in [5.41, 5.74) is 3.94. The second-order valence-electron chi connectivity index (χ2n) is 5.05. The number of hydrogen-bond acceptors (Lipinski definition) is 1. The van der Waals surface area contributed by atoms with E-state index in [4.69, 9.17) is 4.74 Å². The van der Waals surface area contributed by atoms with Gasteiger partial charge in [-0.15, -0.1) is 0 Å². The third-order valence-corrected chi connectivity index (χ3v) is 2.97. The predicted octanol–water partition coefficient (Wildman–Crippen LogP) is 4.29. The Bertz CT molecular complexity index is 316. The summed E-state index contributed by atoms with van der Waals surface area (Å²) >= 11 is 0. The summed E-state index contributed by atoms with van der Waals surface area (Å²) in [6, 6.07) is 4.51. The molecule has 0 spiro atoms. The number of rotatable bonds is 5. The van der Waals surface area contributed by atoms with Crippen molar-refractivity contribution in [3.8, 4) is 5.75 Å². The molecule has 0 saturated heterocycles. The van der Waals surface area contributed by atoms with Crippen molar-refractivity contribution in [2.75, 3.05) is 7.11 Å². The van der Waals surface area contributed by atoms with E-state index < -0.39 is 0 Å². The zero-order chi connectivity index (χ0) is 12.1. The number of aryl methyl sites for hydroxylation is 3. The molecule has 0 aliphatic carbocycles. The summed E-state index contributed by atoms with van der Waals surface area (Å²) in [7, 11) is 1.74. The molecule has 16 heavy (non-hydrogen) atoms. The monoisotopic (exact) mass is 220 g/mol. The lowest BCUT2D eigenvalue weighted by atomic mass is 9.99. The van der Waals surface area contributed by atoms with Crippen molar-refractivity contribution in [3.63, 3.8) is 0 Å². The predicted molar refractivity (Wildman–Crippen MR) is 70.2 cm³/mol. The first-order valence-corrected chi connectivity index (χ1v) is 6.18. The fraction of sp³-hybridized carbons (Fsp3) is 0.600. The maximum atomic E-state index is 5.37. The van der Waals surface area contributed by atoms with Gasteiger partial charge in [-0.2, -0.15) is 0 Å². The highest BCUT2D eigenvalue weighted by molar-refractivity contribution is 5.43. The largest absolute Gasteiger partial charge is 0.496 e. The van der Waals surface area contributed by atoms with Gasteiger partial charge in [0.05, 0.1) is 7.11 Å². The van der Waals surface area contributed by atoms with Crippen LogP contribution in [0, 0.1) is 19.8 Å². The first-order chi connectivity index (χ1) is 7.54. The Morgan fingerprint density at radius 1 is 1.12 bits per heavy atom. The van der Waals surface area contributed by atoms with Gasteiger partial charge in [-0.1, -0.05) is 32.4 Å². The summed E-state index contributed by atoms with van der Waals surface area (Å²) in [6.45, 7) is 8.81. The van der Waals surface area contributed by atoms with Crippen LogP contribution in [0.3, 0.4) is 0 Å². The van der Waals surface area contributed by atoms with E-state index in [1.54, 1.807) is 7.11 Å². The zero-order valence-electron chi connectivity index (χ0n) is 11.3. The smallest absolute Gasteiger partial charge is 0.124 e. The number of benzene rings is 1. The summed E-state index contributed by atoms with van der Waals surface area (Å²) in [5.74, 6) is 1.84. The van der Waals surface area contributed by atoms with Crippen LogP contribution < -0.4 is 4.74 Å². The molecule has 0 atom stereocenters. The third-order valence-electron chi connectivity index (χ3n) is 2.97. The standard InChI is InChI=1S/C15H24O/c1-11(2)7-6-8-14-9-12(3)15(16-5)13(4)10-14/h9-11H,6-8H2,1-5H3. The average Bonchev–Trinajstić information content (AvgIpc) is 2.16. The SMILES string of the molecule is COc1c(C)cc(CCCC(C)C)cc1C. The Balaban J connectivity index is 2.68. The van der Waals surface area contributed by atoms with Gasteiger partial charge in [0.2, 0.25) is 0 Å². The molecule has 1 heteroatoms. The van der Waals surface area contributed by atoms with E-state index in [9.17, 15) is 0 Å². The highest BCUT2D eigenvalue weighted by Gasteiger charge is 2.05. The molecule has 1 aromatic carbocycles. The molecule has 90 valence electrons. The molecule has 0 aliphatic rings. The molecule has 0 amide bonds. The molecule has 0 unspecified atom stereocenters. The van der Waals surface area contributed by atoms with Gasteiger partial charge in [0.15, 0.2) is 0 Å². The molecule has 0 N–H and O–H groups in total. The normalized spacial score (nSPS) is 10.9. The number of methoxy groups -OCH3 is 1. The van der Waals surface area contributed by atoms with Crippen molar-refractivity contribution in [1.82, 2.24) is 0 Å². The Morgan fingerprint density at radius 2 is 1.69 bits per heavy atom. The topological polar surface area (TPSA) is 9.23 Å². The summed E-state index contributed by atoms with van der Waals surface area (Å²) in [6.07, 6.45) is 3.77. The Labute approximate surface area is 99.8 Å². The van der Waals surface area contributed by atoms with E-state index in [1.165, 1.54) is 36.0 Å². The molecule has 1 nitrogen and oxygen atoms in total. The minimum Gasteiger partial charge on any atom is -0.496 e. The van der Waals surface area contributed by atoms with E-state index in [1.807, 2.05) is 0 Å². The van der Waals surface area contributed by atoms with Crippen LogP contribution in [0.4, 0.5) is 0 Å². The van der Waals surface area contributed by atoms with Crippen molar-refractivity contribution < 1.29 is 4.74 Å². The molecular weight excluding hydrogens is 196 g/mol. The van der Waals surface area contributed by atoms with E-state index in [-0.39, 0.29) is 0 Å². The molecule has 0 heterocycles. The molecule has 0 fully saturated rings. The van der Waals surface area contributed by atoms with Gasteiger partial charge in [0, 0.05) is 0 Å². The van der Waals surface area contributed by atoms with Crippen LogP contribution >= 0.6 is 0 Å². The summed E-state index contributed by atoms with van der Waals surface area (Å²) in [4.78, 5) is 0. The van der Waals surface area contributed by atoms with Gasteiger partial charge in [0.25, 0.3) is 0 Å². The average molecular weight is 220 g/mol. The van der Waals surface area contributed by atoms with Gasteiger partial charge in [-0.25, -0.2) is 0 Å². The number of hydrogen-bond donors (Lipinski definition) is 0. The third kappa shape index (κ3) is 3.55. The van der Waals surface area contributed by atoms with E-state index in [0.717, 1.165) is 11.7 Å².